The fourth-order valence-corrected chi connectivity index (χ4v) is 2.23. The Hall–Kier alpha value is -2.54. The van der Waals surface area contributed by atoms with Gasteiger partial charge in [-0.15, -0.1) is 0 Å². The third-order valence-electron chi connectivity index (χ3n) is 3.56. The Bertz CT molecular complexity index is 787. The highest BCUT2D eigenvalue weighted by atomic mass is 35.5. The van der Waals surface area contributed by atoms with E-state index in [2.05, 4.69) is 10.4 Å². The quantitative estimate of drug-likeness (QED) is 0.611. The molecule has 0 spiro atoms. The van der Waals surface area contributed by atoms with Crippen LogP contribution in [0.25, 0.3) is 0 Å². The van der Waals surface area contributed by atoms with Crippen LogP contribution in [-0.4, -0.2) is 18.7 Å². The predicted molar refractivity (Wildman–Crippen MR) is 96.3 cm³/mol. The Balaban J connectivity index is 1.98. The molecule has 2 aromatic carbocycles. The van der Waals surface area contributed by atoms with Crippen LogP contribution < -0.4 is 10.3 Å². The number of amides is 1. The maximum atomic E-state index is 12.6. The van der Waals surface area contributed by atoms with Crippen LogP contribution in [0.4, 0.5) is 18.9 Å². The number of carbonyl (C=O) groups is 1. The standard InChI is InChI=1S/C18H17ClF3N3O/c1-12(17(26)23-11-13-3-7-15(19)8-4-13)24-25(2)16-9-5-14(6-10-16)18(20,21)22/h3-10H,11H2,1-2H3,(H,23,26). The summed E-state index contributed by atoms with van der Waals surface area (Å²) >= 11 is 5.80. The van der Waals surface area contributed by atoms with Gasteiger partial charge >= 0.3 is 6.18 Å². The smallest absolute Gasteiger partial charge is 0.347 e. The highest BCUT2D eigenvalue weighted by Crippen LogP contribution is 2.30. The second-order valence-corrected chi connectivity index (χ2v) is 6.00. The summed E-state index contributed by atoms with van der Waals surface area (Å²) in [7, 11) is 1.55. The second kappa shape index (κ2) is 8.23. The number of anilines is 1. The van der Waals surface area contributed by atoms with Crippen molar-refractivity contribution in [1.29, 1.82) is 0 Å². The van der Waals surface area contributed by atoms with Gasteiger partial charge in [0.2, 0.25) is 0 Å². The Morgan fingerprint density at radius 2 is 1.69 bits per heavy atom. The van der Waals surface area contributed by atoms with Crippen LogP contribution in [0, 0.1) is 0 Å². The Labute approximate surface area is 154 Å². The number of hydrogen-bond donors (Lipinski definition) is 1. The van der Waals surface area contributed by atoms with Crippen LogP contribution in [0.3, 0.4) is 0 Å². The summed E-state index contributed by atoms with van der Waals surface area (Å²) in [5, 5.41) is 8.77. The summed E-state index contributed by atoms with van der Waals surface area (Å²) in [4.78, 5) is 12.1. The molecule has 2 aromatic rings. The van der Waals surface area contributed by atoms with Crippen molar-refractivity contribution >= 4 is 28.9 Å². The first-order chi connectivity index (χ1) is 12.2. The summed E-state index contributed by atoms with van der Waals surface area (Å²) < 4.78 is 37.7. The molecular formula is C18H17ClF3N3O. The van der Waals surface area contributed by atoms with Gasteiger partial charge in [0.1, 0.15) is 5.71 Å². The number of hydrazone groups is 1. The minimum atomic E-state index is -4.39. The molecule has 0 radical (unpaired) electrons. The number of halogens is 4. The molecule has 0 atom stereocenters. The van der Waals surface area contributed by atoms with Crippen molar-refractivity contribution in [1.82, 2.24) is 5.32 Å². The minimum Gasteiger partial charge on any atom is -0.347 e. The van der Waals surface area contributed by atoms with Crippen molar-refractivity contribution in [3.05, 3.63) is 64.7 Å². The average molecular weight is 384 g/mol. The monoisotopic (exact) mass is 383 g/mol. The molecule has 1 N–H and O–H groups in total. The van der Waals surface area contributed by atoms with E-state index in [-0.39, 0.29) is 11.6 Å². The fourth-order valence-electron chi connectivity index (χ4n) is 2.11. The van der Waals surface area contributed by atoms with Gasteiger partial charge in [-0.1, -0.05) is 23.7 Å². The normalized spacial score (nSPS) is 12.0. The minimum absolute atomic E-state index is 0.182. The molecule has 0 bridgehead atoms. The predicted octanol–water partition coefficient (Wildman–Crippen LogP) is 4.49. The molecule has 0 heterocycles. The molecule has 8 heteroatoms. The molecule has 0 fully saturated rings. The molecule has 1 amide bonds. The number of rotatable bonds is 5. The van der Waals surface area contributed by atoms with Crippen LogP contribution in [0.15, 0.2) is 53.6 Å². The van der Waals surface area contributed by atoms with E-state index in [1.54, 1.807) is 31.3 Å². The largest absolute Gasteiger partial charge is 0.416 e. The van der Waals surface area contributed by atoms with Crippen molar-refractivity contribution in [3.8, 4) is 0 Å². The van der Waals surface area contributed by atoms with E-state index in [1.165, 1.54) is 24.1 Å². The van der Waals surface area contributed by atoms with Crippen LogP contribution in [0.2, 0.25) is 5.02 Å². The van der Waals surface area contributed by atoms with Crippen LogP contribution in [0.1, 0.15) is 18.1 Å². The van der Waals surface area contributed by atoms with E-state index in [1.807, 2.05) is 0 Å². The zero-order valence-electron chi connectivity index (χ0n) is 14.1. The van der Waals surface area contributed by atoms with Gasteiger partial charge in [-0.2, -0.15) is 18.3 Å². The Kier molecular flexibility index (Phi) is 6.26. The lowest BCUT2D eigenvalue weighted by Crippen LogP contribution is -2.30. The Morgan fingerprint density at radius 3 is 2.23 bits per heavy atom. The van der Waals surface area contributed by atoms with Gasteiger partial charge < -0.3 is 5.32 Å². The lowest BCUT2D eigenvalue weighted by Gasteiger charge is -2.15. The fraction of sp³-hybridized carbons (Fsp3) is 0.222. The van der Waals surface area contributed by atoms with E-state index in [0.29, 0.717) is 17.3 Å². The lowest BCUT2D eigenvalue weighted by molar-refractivity contribution is -0.137. The van der Waals surface area contributed by atoms with Gasteiger partial charge in [0, 0.05) is 18.6 Å². The maximum absolute atomic E-state index is 12.6. The SMILES string of the molecule is CC(=NN(C)c1ccc(C(F)(F)F)cc1)C(=O)NCc1ccc(Cl)cc1. The topological polar surface area (TPSA) is 44.7 Å². The van der Waals surface area contributed by atoms with Crippen molar-refractivity contribution in [3.63, 3.8) is 0 Å². The van der Waals surface area contributed by atoms with Crippen molar-refractivity contribution in [2.45, 2.75) is 19.6 Å². The van der Waals surface area contributed by atoms with E-state index in [9.17, 15) is 18.0 Å². The number of alkyl halides is 3. The van der Waals surface area contributed by atoms with E-state index >= 15 is 0 Å². The molecule has 0 saturated carbocycles. The maximum Gasteiger partial charge on any atom is 0.416 e. The Morgan fingerprint density at radius 1 is 1.12 bits per heavy atom. The van der Waals surface area contributed by atoms with Gasteiger partial charge in [-0.05, 0) is 48.9 Å². The van der Waals surface area contributed by atoms with Gasteiger partial charge in [0.25, 0.3) is 5.91 Å². The highest BCUT2D eigenvalue weighted by molar-refractivity contribution is 6.38. The summed E-state index contributed by atoms with van der Waals surface area (Å²) in [6.07, 6.45) is -4.39. The first kappa shape index (κ1) is 19.8. The van der Waals surface area contributed by atoms with E-state index in [0.717, 1.165) is 17.7 Å². The van der Waals surface area contributed by atoms with Crippen LogP contribution >= 0.6 is 11.6 Å². The molecule has 4 nitrogen and oxygen atoms in total. The lowest BCUT2D eigenvalue weighted by atomic mass is 10.2. The summed E-state index contributed by atoms with van der Waals surface area (Å²) in [5.41, 5.74) is 0.756. The van der Waals surface area contributed by atoms with Crippen LogP contribution in [-0.2, 0) is 17.5 Å². The number of hydrogen-bond acceptors (Lipinski definition) is 3. The molecule has 0 saturated heterocycles. The molecule has 0 aliphatic rings. The zero-order valence-corrected chi connectivity index (χ0v) is 14.9. The molecule has 26 heavy (non-hydrogen) atoms. The third-order valence-corrected chi connectivity index (χ3v) is 3.82. The molecule has 138 valence electrons. The van der Waals surface area contributed by atoms with Gasteiger partial charge in [-0.25, -0.2) is 0 Å². The summed E-state index contributed by atoms with van der Waals surface area (Å²) in [5.74, 6) is -0.376. The molecule has 0 aromatic heterocycles. The van der Waals surface area contributed by atoms with Gasteiger partial charge in [0.05, 0.1) is 11.3 Å². The van der Waals surface area contributed by atoms with Crippen molar-refractivity contribution in [2.24, 2.45) is 5.10 Å². The highest BCUT2D eigenvalue weighted by Gasteiger charge is 2.30. The molecule has 0 aliphatic carbocycles. The first-order valence-corrected chi connectivity index (χ1v) is 8.03. The molecule has 2 rings (SSSR count). The number of nitrogens with zero attached hydrogens (tertiary/aromatic N) is 2. The zero-order chi connectivity index (χ0) is 19.3. The molecule has 0 aliphatic heterocycles. The van der Waals surface area contributed by atoms with Gasteiger partial charge in [0.15, 0.2) is 0 Å². The van der Waals surface area contributed by atoms with E-state index in [4.69, 9.17) is 11.6 Å². The number of nitrogens with one attached hydrogen (secondary N) is 1. The van der Waals surface area contributed by atoms with Crippen molar-refractivity contribution < 1.29 is 18.0 Å². The van der Waals surface area contributed by atoms with E-state index < -0.39 is 11.7 Å². The molecular weight excluding hydrogens is 367 g/mol. The molecule has 0 unspecified atom stereocenters. The summed E-state index contributed by atoms with van der Waals surface area (Å²) in [6.45, 7) is 1.84. The number of carbonyl (C=O) groups excluding carboxylic acids is 1. The average Bonchev–Trinajstić information content (AvgIpc) is 2.60. The third kappa shape index (κ3) is 5.49. The van der Waals surface area contributed by atoms with Crippen LogP contribution in [0.5, 0.6) is 0 Å². The van der Waals surface area contributed by atoms with Crippen molar-refractivity contribution in [2.75, 3.05) is 12.1 Å². The number of benzene rings is 2. The first-order valence-electron chi connectivity index (χ1n) is 7.65. The second-order valence-electron chi connectivity index (χ2n) is 5.56. The summed E-state index contributed by atoms with van der Waals surface area (Å²) in [6, 6.07) is 11.6. The van der Waals surface area contributed by atoms with Gasteiger partial charge in [-0.3, -0.25) is 9.80 Å².